The number of nitrogens with zero attached hydrogens (tertiary/aromatic N) is 1. The van der Waals surface area contributed by atoms with Crippen LogP contribution < -0.4 is 0 Å². The molecule has 3 heteroatoms. The Bertz CT molecular complexity index is 1130. The molecule has 2 aromatic rings. The van der Waals surface area contributed by atoms with Crippen molar-refractivity contribution in [1.82, 2.24) is 0 Å². The molecule has 5 rings (SSSR count). The molecule has 0 saturated heterocycles. The molecule has 0 amide bonds. The first kappa shape index (κ1) is 20.1. The van der Waals surface area contributed by atoms with E-state index in [1.54, 1.807) is 0 Å². The molecule has 3 nitrogen and oxygen atoms in total. The van der Waals surface area contributed by atoms with Crippen molar-refractivity contribution in [3.63, 3.8) is 0 Å². The second-order valence-electron chi connectivity index (χ2n) is 10.0. The van der Waals surface area contributed by atoms with E-state index in [4.69, 9.17) is 4.99 Å². The van der Waals surface area contributed by atoms with E-state index in [0.29, 0.717) is 6.42 Å². The number of fused-ring (bicyclic) bond motifs is 3. The number of carbonyl (C=O) groups excluding carboxylic acids is 2. The number of aryl methyl sites for hydroxylation is 1. The van der Waals surface area contributed by atoms with E-state index in [2.05, 4.69) is 45.0 Å². The predicted octanol–water partition coefficient (Wildman–Crippen LogP) is 6.07. The summed E-state index contributed by atoms with van der Waals surface area (Å²) in [6.45, 7) is 6.46. The first-order chi connectivity index (χ1) is 14.9. The van der Waals surface area contributed by atoms with Crippen molar-refractivity contribution in [3.05, 3.63) is 82.1 Å². The average Bonchev–Trinajstić information content (AvgIpc) is 3.02. The number of Topliss-reactive ketones (excluding diaryl/α,β-unsaturated/α-hetero) is 2. The largest absolute Gasteiger partial charge is 0.294 e. The Morgan fingerprint density at radius 1 is 0.935 bits per heavy atom. The van der Waals surface area contributed by atoms with Crippen LogP contribution in [0.1, 0.15) is 79.4 Å². The van der Waals surface area contributed by atoms with Gasteiger partial charge in [-0.05, 0) is 35.8 Å². The van der Waals surface area contributed by atoms with Gasteiger partial charge in [0.05, 0.1) is 11.6 Å². The average molecular weight is 412 g/mol. The molecular formula is C28H29NO2. The molecule has 0 unspecified atom stereocenters. The summed E-state index contributed by atoms with van der Waals surface area (Å²) in [7, 11) is 0. The van der Waals surface area contributed by atoms with Gasteiger partial charge in [0.15, 0.2) is 11.6 Å². The fraction of sp³-hybridized carbons (Fsp3) is 0.393. The summed E-state index contributed by atoms with van der Waals surface area (Å²) in [5.74, 6) is -0.398. The third kappa shape index (κ3) is 3.31. The van der Waals surface area contributed by atoms with Gasteiger partial charge in [-0.1, -0.05) is 75.7 Å². The third-order valence-corrected chi connectivity index (χ3v) is 7.00. The number of ketones is 2. The van der Waals surface area contributed by atoms with Gasteiger partial charge < -0.3 is 0 Å². The van der Waals surface area contributed by atoms with Crippen molar-refractivity contribution < 1.29 is 9.59 Å². The maximum absolute atomic E-state index is 13.5. The van der Waals surface area contributed by atoms with E-state index < -0.39 is 5.92 Å². The van der Waals surface area contributed by atoms with Crippen LogP contribution in [0.2, 0.25) is 0 Å². The Kier molecular flexibility index (Phi) is 4.80. The van der Waals surface area contributed by atoms with Crippen LogP contribution in [0, 0.1) is 11.3 Å². The molecule has 2 atom stereocenters. The summed E-state index contributed by atoms with van der Waals surface area (Å²) in [6.07, 6.45) is 4.67. The summed E-state index contributed by atoms with van der Waals surface area (Å²) < 4.78 is 0. The van der Waals surface area contributed by atoms with E-state index >= 15 is 0 Å². The molecule has 3 aliphatic rings. The zero-order valence-electron chi connectivity index (χ0n) is 18.6. The number of benzene rings is 2. The molecule has 0 radical (unpaired) electrons. The molecule has 2 aliphatic carbocycles. The third-order valence-electron chi connectivity index (χ3n) is 7.00. The van der Waals surface area contributed by atoms with Crippen molar-refractivity contribution in [2.45, 2.75) is 58.8 Å². The van der Waals surface area contributed by atoms with E-state index in [1.165, 1.54) is 18.4 Å². The molecule has 31 heavy (non-hydrogen) atoms. The quantitative estimate of drug-likeness (QED) is 0.613. The molecule has 0 aromatic heterocycles. The van der Waals surface area contributed by atoms with Gasteiger partial charge in [-0.3, -0.25) is 14.6 Å². The number of carbonyl (C=O) groups is 2. The van der Waals surface area contributed by atoms with Gasteiger partial charge in [-0.25, -0.2) is 0 Å². The monoisotopic (exact) mass is 411 g/mol. The lowest BCUT2D eigenvalue weighted by atomic mass is 9.66. The van der Waals surface area contributed by atoms with Crippen molar-refractivity contribution in [2.24, 2.45) is 16.3 Å². The molecule has 0 N–H and O–H groups in total. The van der Waals surface area contributed by atoms with Crippen LogP contribution >= 0.6 is 0 Å². The van der Waals surface area contributed by atoms with Gasteiger partial charge in [0, 0.05) is 34.7 Å². The van der Waals surface area contributed by atoms with Gasteiger partial charge >= 0.3 is 0 Å². The van der Waals surface area contributed by atoms with Crippen molar-refractivity contribution >= 4 is 17.3 Å². The number of rotatable bonds is 4. The minimum Gasteiger partial charge on any atom is -0.294 e. The van der Waals surface area contributed by atoms with Gasteiger partial charge in [0.25, 0.3) is 0 Å². The van der Waals surface area contributed by atoms with Crippen molar-refractivity contribution in [1.29, 1.82) is 0 Å². The molecule has 1 heterocycles. The Labute approximate surface area is 184 Å². The summed E-state index contributed by atoms with van der Waals surface area (Å²) in [5, 5.41) is 0. The lowest BCUT2D eigenvalue weighted by molar-refractivity contribution is -0.118. The predicted molar refractivity (Wildman–Crippen MR) is 124 cm³/mol. The number of unbranched alkanes of at least 4 members (excludes halogenated alkanes) is 1. The van der Waals surface area contributed by atoms with Crippen molar-refractivity contribution in [2.75, 3.05) is 0 Å². The first-order valence-electron chi connectivity index (χ1n) is 11.5. The smallest absolute Gasteiger partial charge is 0.173 e. The van der Waals surface area contributed by atoms with E-state index in [0.717, 1.165) is 46.5 Å². The highest BCUT2D eigenvalue weighted by Crippen LogP contribution is 2.51. The second-order valence-corrected chi connectivity index (χ2v) is 10.0. The minimum atomic E-state index is -0.400. The summed E-state index contributed by atoms with van der Waals surface area (Å²) >= 11 is 0. The molecule has 158 valence electrons. The van der Waals surface area contributed by atoms with E-state index in [1.807, 2.05) is 24.3 Å². The number of hydrogen-bond donors (Lipinski definition) is 0. The highest BCUT2D eigenvalue weighted by atomic mass is 16.1. The van der Waals surface area contributed by atoms with Gasteiger partial charge in [-0.15, -0.1) is 0 Å². The van der Waals surface area contributed by atoms with Gasteiger partial charge in [0.2, 0.25) is 0 Å². The van der Waals surface area contributed by atoms with Crippen LogP contribution in [0.5, 0.6) is 0 Å². The highest BCUT2D eigenvalue weighted by molar-refractivity contribution is 6.30. The van der Waals surface area contributed by atoms with Crippen LogP contribution in [-0.2, 0) is 11.2 Å². The minimum absolute atomic E-state index is 0.0959. The molecule has 0 spiro atoms. The Balaban J connectivity index is 1.66. The van der Waals surface area contributed by atoms with Crippen LogP contribution in [-0.4, -0.2) is 17.3 Å². The van der Waals surface area contributed by atoms with Crippen LogP contribution in [0.3, 0.4) is 0 Å². The number of allylic oxidation sites excluding steroid dienone is 2. The molecular weight excluding hydrogens is 382 g/mol. The van der Waals surface area contributed by atoms with Gasteiger partial charge in [0.1, 0.15) is 0 Å². The van der Waals surface area contributed by atoms with Crippen LogP contribution in [0.15, 0.2) is 64.8 Å². The fourth-order valence-electron chi connectivity index (χ4n) is 5.52. The molecule has 2 aromatic carbocycles. The maximum atomic E-state index is 13.5. The highest BCUT2D eigenvalue weighted by Gasteiger charge is 2.50. The zero-order valence-corrected chi connectivity index (χ0v) is 18.6. The molecule has 0 fully saturated rings. The SMILES string of the molecule is CCCCc1ccc([C@@H]2C3=C(CC(C)(C)CC3=O)N=C3c4ccccc4C(=O)[C@H]32)cc1. The summed E-state index contributed by atoms with van der Waals surface area (Å²) in [6, 6.07) is 16.4. The van der Waals surface area contributed by atoms with Crippen LogP contribution in [0.25, 0.3) is 0 Å². The molecule has 0 bridgehead atoms. The Morgan fingerprint density at radius 2 is 1.65 bits per heavy atom. The topological polar surface area (TPSA) is 46.5 Å². The van der Waals surface area contributed by atoms with Crippen LogP contribution in [0.4, 0.5) is 0 Å². The van der Waals surface area contributed by atoms with Crippen molar-refractivity contribution in [3.8, 4) is 0 Å². The lowest BCUT2D eigenvalue weighted by Crippen LogP contribution is -2.37. The first-order valence-corrected chi connectivity index (χ1v) is 11.5. The fourth-order valence-corrected chi connectivity index (χ4v) is 5.52. The van der Waals surface area contributed by atoms with E-state index in [-0.39, 0.29) is 22.9 Å². The number of hydrogen-bond acceptors (Lipinski definition) is 3. The summed E-state index contributed by atoms with van der Waals surface area (Å²) in [4.78, 5) is 31.9. The lowest BCUT2D eigenvalue weighted by Gasteiger charge is -2.38. The zero-order chi connectivity index (χ0) is 21.8. The van der Waals surface area contributed by atoms with Gasteiger partial charge in [-0.2, -0.15) is 0 Å². The summed E-state index contributed by atoms with van der Waals surface area (Å²) in [5.41, 5.74) is 6.44. The Morgan fingerprint density at radius 3 is 2.35 bits per heavy atom. The maximum Gasteiger partial charge on any atom is 0.173 e. The Hall–Kier alpha value is -2.81. The standard InChI is InChI=1S/C28H29NO2/c1-4-5-8-17-11-13-18(14-12-17)23-24-21(15-28(2,3)16-22(24)30)29-26-19-9-6-7-10-20(19)27(31)25(23)26/h6-7,9-14,23,25H,4-5,8,15-16H2,1-3H3/t23-,25+/m1/s1. The molecule has 1 aliphatic heterocycles. The normalized spacial score (nSPS) is 23.9. The van der Waals surface area contributed by atoms with E-state index in [9.17, 15) is 9.59 Å². The second kappa shape index (κ2) is 7.40. The number of aliphatic imine (C=N–C) groups is 1. The molecule has 0 saturated carbocycles.